The third-order valence-corrected chi connectivity index (χ3v) is 3.36. The molecule has 0 saturated carbocycles. The molecule has 0 amide bonds. The molecule has 20 heavy (non-hydrogen) atoms. The molecule has 7 heteroatoms. The summed E-state index contributed by atoms with van der Waals surface area (Å²) in [4.78, 5) is 12.2. The first kappa shape index (κ1) is 14.8. The molecule has 2 aromatic rings. The summed E-state index contributed by atoms with van der Waals surface area (Å²) in [7, 11) is 0. The minimum atomic E-state index is -4.46. The SMILES string of the molecule is CC(C(=O)c1ccc(Br)cc1)n1cc(C(F)(F)F)cn1. The fourth-order valence-electron chi connectivity index (χ4n) is 1.67. The van der Waals surface area contributed by atoms with Crippen molar-refractivity contribution in [1.29, 1.82) is 0 Å². The predicted octanol–water partition coefficient (Wildman–Crippen LogP) is 4.11. The second-order valence-electron chi connectivity index (χ2n) is 4.25. The first-order valence-electron chi connectivity index (χ1n) is 5.70. The van der Waals surface area contributed by atoms with Gasteiger partial charge in [0.05, 0.1) is 11.8 Å². The molecule has 106 valence electrons. The molecule has 0 N–H and O–H groups in total. The molecule has 0 aliphatic heterocycles. The van der Waals surface area contributed by atoms with E-state index in [0.29, 0.717) is 11.8 Å². The molecule has 0 aliphatic carbocycles. The second-order valence-corrected chi connectivity index (χ2v) is 5.17. The number of ketones is 1. The number of nitrogens with zero attached hydrogens (tertiary/aromatic N) is 2. The molecule has 1 unspecified atom stereocenters. The normalized spacial score (nSPS) is 13.2. The van der Waals surface area contributed by atoms with Crippen molar-refractivity contribution in [3.63, 3.8) is 0 Å². The Hall–Kier alpha value is -1.63. The molecule has 1 aromatic heterocycles. The van der Waals surface area contributed by atoms with Gasteiger partial charge in [-0.05, 0) is 19.1 Å². The molecule has 0 spiro atoms. The van der Waals surface area contributed by atoms with Crippen molar-refractivity contribution in [3.8, 4) is 0 Å². The zero-order valence-electron chi connectivity index (χ0n) is 10.4. The number of benzene rings is 1. The van der Waals surface area contributed by atoms with Gasteiger partial charge < -0.3 is 0 Å². The van der Waals surface area contributed by atoms with E-state index in [4.69, 9.17) is 0 Å². The van der Waals surface area contributed by atoms with Crippen LogP contribution in [0.5, 0.6) is 0 Å². The quantitative estimate of drug-likeness (QED) is 0.784. The largest absolute Gasteiger partial charge is 0.419 e. The number of hydrogen-bond donors (Lipinski definition) is 0. The van der Waals surface area contributed by atoms with Crippen molar-refractivity contribution < 1.29 is 18.0 Å². The van der Waals surface area contributed by atoms with Crippen molar-refractivity contribution in [2.45, 2.75) is 19.1 Å². The Kier molecular flexibility index (Phi) is 3.99. The maximum atomic E-state index is 12.5. The van der Waals surface area contributed by atoms with Gasteiger partial charge in [-0.15, -0.1) is 0 Å². The highest BCUT2D eigenvalue weighted by Crippen LogP contribution is 2.29. The van der Waals surface area contributed by atoms with E-state index in [1.165, 1.54) is 6.92 Å². The molecule has 1 atom stereocenters. The number of rotatable bonds is 3. The van der Waals surface area contributed by atoms with Gasteiger partial charge in [-0.25, -0.2) is 0 Å². The van der Waals surface area contributed by atoms with E-state index in [2.05, 4.69) is 21.0 Å². The smallest absolute Gasteiger partial charge is 0.292 e. The molecule has 1 aromatic carbocycles. The van der Waals surface area contributed by atoms with Gasteiger partial charge in [0.25, 0.3) is 0 Å². The Morgan fingerprint density at radius 3 is 2.40 bits per heavy atom. The summed E-state index contributed by atoms with van der Waals surface area (Å²) in [6.45, 7) is 1.51. The lowest BCUT2D eigenvalue weighted by Gasteiger charge is -2.11. The number of hydrogen-bond acceptors (Lipinski definition) is 2. The lowest BCUT2D eigenvalue weighted by molar-refractivity contribution is -0.137. The van der Waals surface area contributed by atoms with Crippen molar-refractivity contribution >= 4 is 21.7 Å². The maximum absolute atomic E-state index is 12.5. The number of carbonyl (C=O) groups is 1. The molecule has 0 saturated heterocycles. The first-order chi connectivity index (χ1) is 9.29. The number of alkyl halides is 3. The minimum Gasteiger partial charge on any atom is -0.292 e. The zero-order valence-corrected chi connectivity index (χ0v) is 11.9. The van der Waals surface area contributed by atoms with Gasteiger partial charge in [0.2, 0.25) is 0 Å². The molecule has 2 rings (SSSR count). The molecule has 0 bridgehead atoms. The summed E-state index contributed by atoms with van der Waals surface area (Å²) >= 11 is 3.25. The van der Waals surface area contributed by atoms with E-state index in [0.717, 1.165) is 15.4 Å². The fourth-order valence-corrected chi connectivity index (χ4v) is 1.94. The highest BCUT2D eigenvalue weighted by atomic mass is 79.9. The summed E-state index contributed by atoms with van der Waals surface area (Å²) in [5, 5.41) is 3.61. The lowest BCUT2D eigenvalue weighted by atomic mass is 10.1. The summed E-state index contributed by atoms with van der Waals surface area (Å²) in [5.41, 5.74) is -0.447. The molecule has 0 radical (unpaired) electrons. The number of carbonyl (C=O) groups excluding carboxylic acids is 1. The maximum Gasteiger partial charge on any atom is 0.419 e. The molecule has 1 heterocycles. The third-order valence-electron chi connectivity index (χ3n) is 2.83. The van der Waals surface area contributed by atoms with Crippen molar-refractivity contribution in [3.05, 3.63) is 52.3 Å². The fraction of sp³-hybridized carbons (Fsp3) is 0.231. The van der Waals surface area contributed by atoms with Crippen molar-refractivity contribution in [2.24, 2.45) is 0 Å². The lowest BCUT2D eigenvalue weighted by Crippen LogP contribution is -2.17. The Labute approximate surface area is 121 Å². The van der Waals surface area contributed by atoms with Gasteiger partial charge in [0.1, 0.15) is 6.04 Å². The van der Waals surface area contributed by atoms with Crippen molar-refractivity contribution in [2.75, 3.05) is 0 Å². The number of halogens is 4. The van der Waals surface area contributed by atoms with E-state index in [1.807, 2.05) is 0 Å². The van der Waals surface area contributed by atoms with Gasteiger partial charge in [-0.2, -0.15) is 18.3 Å². The predicted molar refractivity (Wildman–Crippen MR) is 70.4 cm³/mol. The van der Waals surface area contributed by atoms with Crippen LogP contribution in [0.1, 0.15) is 28.9 Å². The van der Waals surface area contributed by atoms with Crippen LogP contribution in [0.3, 0.4) is 0 Å². The van der Waals surface area contributed by atoms with Crippen LogP contribution in [0.15, 0.2) is 41.1 Å². The van der Waals surface area contributed by atoms with Crippen LogP contribution >= 0.6 is 15.9 Å². The van der Waals surface area contributed by atoms with Gasteiger partial charge in [0, 0.05) is 16.2 Å². The van der Waals surface area contributed by atoms with Gasteiger partial charge >= 0.3 is 6.18 Å². The Balaban J connectivity index is 2.22. The van der Waals surface area contributed by atoms with Crippen LogP contribution in [-0.4, -0.2) is 15.6 Å². The van der Waals surface area contributed by atoms with Crippen LogP contribution in [0.25, 0.3) is 0 Å². The van der Waals surface area contributed by atoms with Crippen LogP contribution in [0, 0.1) is 0 Å². The van der Waals surface area contributed by atoms with E-state index < -0.39 is 17.8 Å². The van der Waals surface area contributed by atoms with E-state index in [-0.39, 0.29) is 5.78 Å². The summed E-state index contributed by atoms with van der Waals surface area (Å²) in [6, 6.07) is 5.81. The van der Waals surface area contributed by atoms with E-state index in [1.54, 1.807) is 24.3 Å². The number of aromatic nitrogens is 2. The third kappa shape index (κ3) is 3.09. The molecule has 0 aliphatic rings. The highest BCUT2D eigenvalue weighted by molar-refractivity contribution is 9.10. The van der Waals surface area contributed by atoms with Crippen molar-refractivity contribution in [1.82, 2.24) is 9.78 Å². The Morgan fingerprint density at radius 1 is 1.30 bits per heavy atom. The first-order valence-corrected chi connectivity index (χ1v) is 6.49. The minimum absolute atomic E-state index is 0.297. The monoisotopic (exact) mass is 346 g/mol. The number of Topliss-reactive ketones (excluding diaryl/α,β-unsaturated/α-hetero) is 1. The molecule has 3 nitrogen and oxygen atoms in total. The molecular weight excluding hydrogens is 337 g/mol. The molecular formula is C13H10BrF3N2O. The zero-order chi connectivity index (χ0) is 14.9. The average Bonchev–Trinajstić information content (AvgIpc) is 2.87. The topological polar surface area (TPSA) is 34.9 Å². The second kappa shape index (κ2) is 5.40. The highest BCUT2D eigenvalue weighted by Gasteiger charge is 2.33. The summed E-state index contributed by atoms with van der Waals surface area (Å²) < 4.78 is 39.3. The van der Waals surface area contributed by atoms with Gasteiger partial charge in [-0.1, -0.05) is 28.1 Å². The van der Waals surface area contributed by atoms with Crippen LogP contribution in [-0.2, 0) is 6.18 Å². The summed E-state index contributed by atoms with van der Waals surface area (Å²) in [5.74, 6) is -0.297. The van der Waals surface area contributed by atoms with E-state index >= 15 is 0 Å². The van der Waals surface area contributed by atoms with Gasteiger partial charge in [-0.3, -0.25) is 9.48 Å². The standard InChI is InChI=1S/C13H10BrF3N2O/c1-8(12(20)9-2-4-11(14)5-3-9)19-7-10(6-18-19)13(15,16)17/h2-8H,1H3. The summed E-state index contributed by atoms with van der Waals surface area (Å²) in [6.07, 6.45) is -2.91. The Morgan fingerprint density at radius 2 is 1.90 bits per heavy atom. The van der Waals surface area contributed by atoms with E-state index in [9.17, 15) is 18.0 Å². The van der Waals surface area contributed by atoms with Crippen LogP contribution in [0.4, 0.5) is 13.2 Å². The average molecular weight is 347 g/mol. The van der Waals surface area contributed by atoms with Gasteiger partial charge in [0.15, 0.2) is 5.78 Å². The Bertz CT molecular complexity index is 619. The molecule has 0 fully saturated rings. The van der Waals surface area contributed by atoms with Crippen LogP contribution < -0.4 is 0 Å². The van der Waals surface area contributed by atoms with Crippen LogP contribution in [0.2, 0.25) is 0 Å².